The third-order valence-corrected chi connectivity index (χ3v) is 5.03. The van der Waals surface area contributed by atoms with Gasteiger partial charge in [-0.1, -0.05) is 53.4 Å². The molecule has 0 heterocycles. The van der Waals surface area contributed by atoms with Crippen LogP contribution in [0, 0.1) is 0 Å². The predicted molar refractivity (Wildman–Crippen MR) is 56.7 cm³/mol. The van der Waals surface area contributed by atoms with Gasteiger partial charge in [0, 0.05) is 0 Å². The highest BCUT2D eigenvalue weighted by Crippen LogP contribution is 2.46. The first-order valence-electron chi connectivity index (χ1n) is 4.68. The Balaban J connectivity index is 3.76. The van der Waals surface area contributed by atoms with Gasteiger partial charge in [0.05, 0.1) is 0 Å². The van der Waals surface area contributed by atoms with E-state index >= 15 is 0 Å². The fourth-order valence-corrected chi connectivity index (χ4v) is 3.57. The zero-order chi connectivity index (χ0) is 8.69. The zero-order valence-corrected chi connectivity index (χ0v) is 9.08. The van der Waals surface area contributed by atoms with E-state index in [4.69, 9.17) is 0 Å². The molecule has 0 nitrogen and oxygen atoms in total. The molecule has 0 bridgehead atoms. The van der Waals surface area contributed by atoms with Crippen LogP contribution >= 0.6 is 7.92 Å². The van der Waals surface area contributed by atoms with E-state index in [0.29, 0.717) is 0 Å². The van der Waals surface area contributed by atoms with Crippen LogP contribution in [0.15, 0.2) is 11.9 Å². The number of hydrogen-bond donors (Lipinski definition) is 0. The van der Waals surface area contributed by atoms with Gasteiger partial charge in [-0.25, -0.2) is 0 Å². The second-order valence-corrected chi connectivity index (χ2v) is 5.51. The van der Waals surface area contributed by atoms with E-state index in [9.17, 15) is 0 Å². The first-order chi connectivity index (χ1) is 5.26. The smallest absolute Gasteiger partial charge is 0.0291 e. The van der Waals surface area contributed by atoms with Crippen LogP contribution in [-0.4, -0.2) is 12.3 Å². The van der Waals surface area contributed by atoms with Gasteiger partial charge < -0.3 is 0 Å². The fraction of sp³-hybridized carbons (Fsp3) is 0.800. The Morgan fingerprint density at radius 1 is 1.09 bits per heavy atom. The Hall–Kier alpha value is 0.170. The maximum absolute atomic E-state index is 4.14. The first kappa shape index (κ1) is 11.2. The standard InChI is InChI=1S/C10H21P/c1-5-8-11(9-6-2)10(4)7-3/h4-9H2,1-3H3. The largest absolute Gasteiger partial charge is 0.0954 e. The summed E-state index contributed by atoms with van der Waals surface area (Å²) in [6, 6.07) is 0. The molecule has 0 unspecified atom stereocenters. The minimum Gasteiger partial charge on any atom is -0.0954 e. The van der Waals surface area contributed by atoms with Crippen LogP contribution in [0.3, 0.4) is 0 Å². The number of allylic oxidation sites excluding steroid dienone is 1. The van der Waals surface area contributed by atoms with Gasteiger partial charge in [0.2, 0.25) is 0 Å². The lowest BCUT2D eigenvalue weighted by molar-refractivity contribution is 1.05. The van der Waals surface area contributed by atoms with Crippen LogP contribution in [0.2, 0.25) is 0 Å². The van der Waals surface area contributed by atoms with Gasteiger partial charge in [-0.05, 0) is 18.7 Å². The van der Waals surface area contributed by atoms with Crippen LogP contribution in [0.25, 0.3) is 0 Å². The van der Waals surface area contributed by atoms with Crippen molar-refractivity contribution in [1.82, 2.24) is 0 Å². The lowest BCUT2D eigenvalue weighted by atomic mass is 10.5. The highest BCUT2D eigenvalue weighted by Gasteiger charge is 2.07. The normalized spacial score (nSPS) is 10.5. The first-order valence-corrected chi connectivity index (χ1v) is 6.40. The van der Waals surface area contributed by atoms with Crippen molar-refractivity contribution in [3.05, 3.63) is 11.9 Å². The molecule has 0 aliphatic heterocycles. The highest BCUT2D eigenvalue weighted by molar-refractivity contribution is 7.62. The third kappa shape index (κ3) is 4.58. The average Bonchev–Trinajstić information content (AvgIpc) is 2.03. The number of hydrogen-bond acceptors (Lipinski definition) is 0. The van der Waals surface area contributed by atoms with E-state index in [1.165, 1.54) is 36.9 Å². The molecule has 0 spiro atoms. The SMILES string of the molecule is C=C(CC)P(CCC)CCC. The average molecular weight is 172 g/mol. The molecule has 0 saturated carbocycles. The molecule has 0 atom stereocenters. The van der Waals surface area contributed by atoms with Crippen LogP contribution in [0.4, 0.5) is 0 Å². The van der Waals surface area contributed by atoms with Crippen LogP contribution in [-0.2, 0) is 0 Å². The van der Waals surface area contributed by atoms with Gasteiger partial charge in [0.15, 0.2) is 0 Å². The summed E-state index contributed by atoms with van der Waals surface area (Å²) in [7, 11) is 0.183. The molecular weight excluding hydrogens is 151 g/mol. The van der Waals surface area contributed by atoms with Gasteiger partial charge in [0.25, 0.3) is 0 Å². The Morgan fingerprint density at radius 3 is 1.82 bits per heavy atom. The predicted octanol–water partition coefficient (Wildman–Crippen LogP) is 4.21. The van der Waals surface area contributed by atoms with Crippen molar-refractivity contribution in [2.75, 3.05) is 12.3 Å². The molecule has 0 radical (unpaired) electrons. The zero-order valence-electron chi connectivity index (χ0n) is 8.19. The Morgan fingerprint density at radius 2 is 1.55 bits per heavy atom. The third-order valence-electron chi connectivity index (χ3n) is 1.84. The Kier molecular flexibility index (Phi) is 6.96. The molecule has 0 aromatic rings. The topological polar surface area (TPSA) is 0 Å². The molecule has 0 rings (SSSR count). The van der Waals surface area contributed by atoms with E-state index in [0.717, 1.165) is 0 Å². The van der Waals surface area contributed by atoms with Gasteiger partial charge in [-0.2, -0.15) is 0 Å². The van der Waals surface area contributed by atoms with Crippen molar-refractivity contribution >= 4 is 7.92 Å². The molecular formula is C10H21P. The summed E-state index contributed by atoms with van der Waals surface area (Å²) in [5.41, 5.74) is 0. The molecule has 0 N–H and O–H groups in total. The second kappa shape index (κ2) is 6.85. The molecule has 0 saturated heterocycles. The van der Waals surface area contributed by atoms with Gasteiger partial charge in [-0.3, -0.25) is 0 Å². The maximum Gasteiger partial charge on any atom is -0.0291 e. The molecule has 1 heteroatoms. The van der Waals surface area contributed by atoms with Crippen LogP contribution in [0.5, 0.6) is 0 Å². The monoisotopic (exact) mass is 172 g/mol. The van der Waals surface area contributed by atoms with Crippen molar-refractivity contribution in [2.24, 2.45) is 0 Å². The van der Waals surface area contributed by atoms with Gasteiger partial charge >= 0.3 is 0 Å². The van der Waals surface area contributed by atoms with Crippen LogP contribution < -0.4 is 0 Å². The highest BCUT2D eigenvalue weighted by atomic mass is 31.1. The maximum atomic E-state index is 4.14. The minimum atomic E-state index is 0.183. The molecule has 66 valence electrons. The Labute approximate surface area is 72.8 Å². The lowest BCUT2D eigenvalue weighted by Gasteiger charge is -2.17. The summed E-state index contributed by atoms with van der Waals surface area (Å²) in [6.07, 6.45) is 6.63. The summed E-state index contributed by atoms with van der Waals surface area (Å²) >= 11 is 0. The van der Waals surface area contributed by atoms with E-state index in [2.05, 4.69) is 27.4 Å². The molecule has 0 fully saturated rings. The number of rotatable bonds is 6. The van der Waals surface area contributed by atoms with Crippen molar-refractivity contribution in [2.45, 2.75) is 40.0 Å². The van der Waals surface area contributed by atoms with Gasteiger partial charge in [0.1, 0.15) is 0 Å². The van der Waals surface area contributed by atoms with Crippen molar-refractivity contribution in [3.8, 4) is 0 Å². The molecule has 0 aromatic carbocycles. The summed E-state index contributed by atoms with van der Waals surface area (Å²) in [5.74, 6) is 0. The summed E-state index contributed by atoms with van der Waals surface area (Å²) in [6.45, 7) is 10.9. The fourth-order valence-electron chi connectivity index (χ4n) is 1.19. The quantitative estimate of drug-likeness (QED) is 0.526. The van der Waals surface area contributed by atoms with Crippen molar-refractivity contribution in [1.29, 1.82) is 0 Å². The van der Waals surface area contributed by atoms with Crippen molar-refractivity contribution in [3.63, 3.8) is 0 Å². The van der Waals surface area contributed by atoms with E-state index in [1.807, 2.05) is 0 Å². The minimum absolute atomic E-state index is 0.183. The molecule has 0 aliphatic rings. The molecule has 0 aromatic heterocycles. The lowest BCUT2D eigenvalue weighted by Crippen LogP contribution is -1.90. The van der Waals surface area contributed by atoms with E-state index in [-0.39, 0.29) is 7.92 Å². The van der Waals surface area contributed by atoms with Crippen LogP contribution in [0.1, 0.15) is 40.0 Å². The van der Waals surface area contributed by atoms with Crippen molar-refractivity contribution < 1.29 is 0 Å². The Bertz CT molecular complexity index is 101. The molecule has 11 heavy (non-hydrogen) atoms. The molecule has 0 aliphatic carbocycles. The van der Waals surface area contributed by atoms with Gasteiger partial charge in [-0.15, -0.1) is 0 Å². The van der Waals surface area contributed by atoms with E-state index in [1.54, 1.807) is 0 Å². The summed E-state index contributed by atoms with van der Waals surface area (Å²) in [4.78, 5) is 0. The molecule has 0 amide bonds. The second-order valence-electron chi connectivity index (χ2n) is 2.91. The summed E-state index contributed by atoms with van der Waals surface area (Å²) in [5, 5.41) is 1.52. The summed E-state index contributed by atoms with van der Waals surface area (Å²) < 4.78 is 0. The van der Waals surface area contributed by atoms with E-state index < -0.39 is 0 Å².